The lowest BCUT2D eigenvalue weighted by molar-refractivity contribution is 0.0322. The van der Waals surface area contributed by atoms with Crippen LogP contribution >= 0.6 is 0 Å². The van der Waals surface area contributed by atoms with Gasteiger partial charge in [0.1, 0.15) is 36.6 Å². The average Bonchev–Trinajstić information content (AvgIpc) is 2.80. The largest absolute Gasteiger partial charge is 0.497 e. The van der Waals surface area contributed by atoms with Crippen LogP contribution in [0, 0.1) is 0 Å². The molecule has 0 unspecified atom stereocenters. The molecule has 0 aliphatic carbocycles. The lowest BCUT2D eigenvalue weighted by atomic mass is 10.2. The molecular weight excluding hydrogens is 396 g/mol. The Bertz CT molecular complexity index is 748. The summed E-state index contributed by atoms with van der Waals surface area (Å²) in [6.07, 6.45) is -0.574. The second kappa shape index (κ2) is 12.5. The summed E-state index contributed by atoms with van der Waals surface area (Å²) < 4.78 is 22.0. The van der Waals surface area contributed by atoms with E-state index in [1.807, 2.05) is 43.4 Å². The van der Waals surface area contributed by atoms with Gasteiger partial charge in [-0.25, -0.2) is 0 Å². The van der Waals surface area contributed by atoms with Gasteiger partial charge < -0.3 is 24.1 Å². The fourth-order valence-corrected chi connectivity index (χ4v) is 3.46. The van der Waals surface area contributed by atoms with Gasteiger partial charge in [0.15, 0.2) is 0 Å². The molecule has 1 N–H and O–H groups in total. The number of morpholine rings is 1. The topological polar surface area (TPSA) is 63.6 Å². The van der Waals surface area contributed by atoms with Crippen LogP contribution in [-0.4, -0.2) is 87.8 Å². The molecule has 0 radical (unpaired) electrons. The van der Waals surface area contributed by atoms with Crippen molar-refractivity contribution >= 4 is 0 Å². The smallest absolute Gasteiger partial charge is 0.119 e. The quantitative estimate of drug-likeness (QED) is 0.554. The number of aliphatic hydroxyl groups excluding tert-OH is 1. The van der Waals surface area contributed by atoms with Crippen LogP contribution in [0.1, 0.15) is 5.56 Å². The zero-order valence-corrected chi connectivity index (χ0v) is 18.5. The van der Waals surface area contributed by atoms with Crippen molar-refractivity contribution in [3.63, 3.8) is 0 Å². The van der Waals surface area contributed by atoms with E-state index in [0.717, 1.165) is 50.9 Å². The first-order chi connectivity index (χ1) is 15.1. The van der Waals surface area contributed by atoms with Gasteiger partial charge in [-0.05, 0) is 49.0 Å². The number of aliphatic hydroxyl groups is 1. The highest BCUT2D eigenvalue weighted by Gasteiger charge is 2.11. The highest BCUT2D eigenvalue weighted by Crippen LogP contribution is 2.17. The summed E-state index contributed by atoms with van der Waals surface area (Å²) in [5.41, 5.74) is 1.17. The minimum Gasteiger partial charge on any atom is -0.497 e. The van der Waals surface area contributed by atoms with Gasteiger partial charge in [-0.15, -0.1) is 0 Å². The van der Waals surface area contributed by atoms with E-state index in [1.165, 1.54) is 5.56 Å². The van der Waals surface area contributed by atoms with Crippen LogP contribution in [0.15, 0.2) is 48.5 Å². The van der Waals surface area contributed by atoms with Gasteiger partial charge in [-0.1, -0.05) is 12.1 Å². The molecule has 0 spiro atoms. The van der Waals surface area contributed by atoms with E-state index in [9.17, 15) is 5.11 Å². The molecular formula is C24H34N2O5. The average molecular weight is 431 g/mol. The fourth-order valence-electron chi connectivity index (χ4n) is 3.46. The maximum Gasteiger partial charge on any atom is 0.119 e. The summed E-state index contributed by atoms with van der Waals surface area (Å²) in [4.78, 5) is 4.44. The van der Waals surface area contributed by atoms with Gasteiger partial charge in [-0.2, -0.15) is 0 Å². The van der Waals surface area contributed by atoms with Crippen LogP contribution < -0.4 is 14.2 Å². The molecule has 7 nitrogen and oxygen atoms in total. The third kappa shape index (κ3) is 8.38. The van der Waals surface area contributed by atoms with Gasteiger partial charge in [0.05, 0.1) is 20.3 Å². The predicted octanol–water partition coefficient (Wildman–Crippen LogP) is 2.28. The molecule has 1 aliphatic rings. The Morgan fingerprint density at radius 1 is 0.968 bits per heavy atom. The molecule has 2 aromatic rings. The Labute approximate surface area is 185 Å². The van der Waals surface area contributed by atoms with Crippen molar-refractivity contribution in [1.29, 1.82) is 0 Å². The van der Waals surface area contributed by atoms with Gasteiger partial charge in [-0.3, -0.25) is 9.80 Å². The molecule has 0 amide bonds. The van der Waals surface area contributed by atoms with Gasteiger partial charge >= 0.3 is 0 Å². The van der Waals surface area contributed by atoms with E-state index >= 15 is 0 Å². The second-order valence-corrected chi connectivity index (χ2v) is 7.78. The molecule has 1 saturated heterocycles. The first-order valence-electron chi connectivity index (χ1n) is 10.8. The summed E-state index contributed by atoms with van der Waals surface area (Å²) in [5.74, 6) is 2.38. The highest BCUT2D eigenvalue weighted by atomic mass is 16.5. The van der Waals surface area contributed by atoms with Gasteiger partial charge in [0.25, 0.3) is 0 Å². The Hall–Kier alpha value is -2.32. The molecule has 31 heavy (non-hydrogen) atoms. The summed E-state index contributed by atoms with van der Waals surface area (Å²) in [6, 6.07) is 15.5. The first-order valence-corrected chi connectivity index (χ1v) is 10.8. The number of hydrogen-bond donors (Lipinski definition) is 1. The number of methoxy groups -OCH3 is 1. The predicted molar refractivity (Wildman–Crippen MR) is 120 cm³/mol. The van der Waals surface area contributed by atoms with Crippen LogP contribution in [0.2, 0.25) is 0 Å². The lowest BCUT2D eigenvalue weighted by Gasteiger charge is -2.26. The van der Waals surface area contributed by atoms with Crippen LogP contribution in [0.25, 0.3) is 0 Å². The van der Waals surface area contributed by atoms with E-state index in [1.54, 1.807) is 7.11 Å². The summed E-state index contributed by atoms with van der Waals surface area (Å²) in [5, 5.41) is 10.3. The van der Waals surface area contributed by atoms with Crippen molar-refractivity contribution in [2.24, 2.45) is 0 Å². The SMILES string of the molecule is COc1ccc(OC[C@H](O)CN(C)Cc2ccc(OCCN3CCOCC3)cc2)cc1. The maximum atomic E-state index is 10.3. The van der Waals surface area contributed by atoms with E-state index in [-0.39, 0.29) is 6.61 Å². The van der Waals surface area contributed by atoms with E-state index in [4.69, 9.17) is 18.9 Å². The van der Waals surface area contributed by atoms with Crippen molar-refractivity contribution in [3.05, 3.63) is 54.1 Å². The Morgan fingerprint density at radius 2 is 1.58 bits per heavy atom. The molecule has 2 aromatic carbocycles. The van der Waals surface area contributed by atoms with E-state index < -0.39 is 6.10 Å². The molecule has 1 atom stereocenters. The molecule has 7 heteroatoms. The Morgan fingerprint density at radius 3 is 2.26 bits per heavy atom. The molecule has 1 fully saturated rings. The fraction of sp³-hybridized carbons (Fsp3) is 0.500. The highest BCUT2D eigenvalue weighted by molar-refractivity contribution is 5.31. The van der Waals surface area contributed by atoms with Crippen molar-refractivity contribution < 1.29 is 24.1 Å². The zero-order chi connectivity index (χ0) is 21.9. The second-order valence-electron chi connectivity index (χ2n) is 7.78. The maximum absolute atomic E-state index is 10.3. The minimum absolute atomic E-state index is 0.243. The van der Waals surface area contributed by atoms with Gasteiger partial charge in [0, 0.05) is 32.7 Å². The first kappa shape index (κ1) is 23.3. The van der Waals surface area contributed by atoms with Gasteiger partial charge in [0.2, 0.25) is 0 Å². The number of ether oxygens (including phenoxy) is 4. The number of rotatable bonds is 12. The van der Waals surface area contributed by atoms with Crippen molar-refractivity contribution in [2.45, 2.75) is 12.6 Å². The molecule has 1 aliphatic heterocycles. The standard InChI is InChI=1S/C24H34N2O5/c1-25(18-21(27)19-31-24-9-7-22(28-2)8-10-24)17-20-3-5-23(6-4-20)30-16-13-26-11-14-29-15-12-26/h3-10,21,27H,11-19H2,1-2H3/t21-/m1/s1. The third-order valence-corrected chi connectivity index (χ3v) is 5.18. The summed E-state index contributed by atoms with van der Waals surface area (Å²) >= 11 is 0. The summed E-state index contributed by atoms with van der Waals surface area (Å²) in [6.45, 7) is 6.68. The Balaban J connectivity index is 1.33. The van der Waals surface area contributed by atoms with Crippen molar-refractivity contribution in [2.75, 3.05) is 66.8 Å². The number of hydrogen-bond acceptors (Lipinski definition) is 7. The molecule has 0 bridgehead atoms. The van der Waals surface area contributed by atoms with Crippen LogP contribution in [0.4, 0.5) is 0 Å². The Kier molecular flexibility index (Phi) is 9.42. The number of nitrogens with zero attached hydrogens (tertiary/aromatic N) is 2. The number of benzene rings is 2. The molecule has 3 rings (SSSR count). The zero-order valence-electron chi connectivity index (χ0n) is 18.5. The number of likely N-dealkylation sites (N-methyl/N-ethyl adjacent to an activating group) is 1. The molecule has 0 aromatic heterocycles. The van der Waals surface area contributed by atoms with Crippen LogP contribution in [0.3, 0.4) is 0 Å². The summed E-state index contributed by atoms with van der Waals surface area (Å²) in [7, 11) is 3.62. The molecule has 170 valence electrons. The normalized spacial score (nSPS) is 15.6. The van der Waals surface area contributed by atoms with Crippen molar-refractivity contribution in [1.82, 2.24) is 9.80 Å². The third-order valence-electron chi connectivity index (χ3n) is 5.18. The monoisotopic (exact) mass is 430 g/mol. The molecule has 1 heterocycles. The van der Waals surface area contributed by atoms with Crippen molar-refractivity contribution in [3.8, 4) is 17.2 Å². The van der Waals surface area contributed by atoms with Crippen LogP contribution in [-0.2, 0) is 11.3 Å². The minimum atomic E-state index is -0.574. The van der Waals surface area contributed by atoms with E-state index in [0.29, 0.717) is 18.9 Å². The lowest BCUT2D eigenvalue weighted by Crippen LogP contribution is -2.38. The van der Waals surface area contributed by atoms with Crippen LogP contribution in [0.5, 0.6) is 17.2 Å². The molecule has 0 saturated carbocycles. The van der Waals surface area contributed by atoms with E-state index in [2.05, 4.69) is 21.9 Å².